The van der Waals surface area contributed by atoms with Crippen LogP contribution in [-0.2, 0) is 22.6 Å². The van der Waals surface area contributed by atoms with Gasteiger partial charge in [-0.2, -0.15) is 0 Å². The number of rotatable bonds is 4. The number of hydrogen-bond donors (Lipinski definition) is 1. The van der Waals surface area contributed by atoms with Crippen molar-refractivity contribution in [1.29, 1.82) is 0 Å². The lowest BCUT2D eigenvalue weighted by Gasteiger charge is -2.40. The largest absolute Gasteiger partial charge is 0.380 e. The number of carbonyl (C=O) groups is 1. The van der Waals surface area contributed by atoms with Crippen LogP contribution in [0.3, 0.4) is 0 Å². The third-order valence-electron chi connectivity index (χ3n) is 6.93. The fraction of sp³-hybridized carbons (Fsp3) is 0.435. The average molecular weight is 347 g/mol. The zero-order valence-corrected chi connectivity index (χ0v) is 15.2. The summed E-state index contributed by atoms with van der Waals surface area (Å²) in [6, 6.07) is 13.0. The Labute approximate surface area is 154 Å². The van der Waals surface area contributed by atoms with Gasteiger partial charge in [0.05, 0.1) is 13.0 Å². The van der Waals surface area contributed by atoms with Crippen molar-refractivity contribution < 1.29 is 9.53 Å². The molecule has 2 saturated carbocycles. The molecule has 0 heterocycles. The van der Waals surface area contributed by atoms with Gasteiger partial charge in [0.2, 0.25) is 5.91 Å². The van der Waals surface area contributed by atoms with Gasteiger partial charge in [0.15, 0.2) is 0 Å². The van der Waals surface area contributed by atoms with Crippen LogP contribution in [0.1, 0.15) is 53.4 Å². The Kier molecular flexibility index (Phi) is 3.68. The smallest absolute Gasteiger partial charge is 0.221 e. The van der Waals surface area contributed by atoms with Gasteiger partial charge in [-0.15, -0.1) is 0 Å². The first-order valence-corrected chi connectivity index (χ1v) is 9.70. The van der Waals surface area contributed by atoms with E-state index in [2.05, 4.69) is 36.4 Å². The number of amides is 1. The van der Waals surface area contributed by atoms with E-state index in [0.717, 1.165) is 17.4 Å². The molecular formula is C23H25NO2. The minimum Gasteiger partial charge on any atom is -0.380 e. The molecule has 3 nitrogen and oxygen atoms in total. The Bertz CT molecular complexity index is 888. The van der Waals surface area contributed by atoms with Crippen LogP contribution in [0.25, 0.3) is 11.1 Å². The molecule has 2 aromatic rings. The summed E-state index contributed by atoms with van der Waals surface area (Å²) in [4.78, 5) is 11.7. The quantitative estimate of drug-likeness (QED) is 0.904. The zero-order valence-electron chi connectivity index (χ0n) is 15.2. The molecule has 0 spiro atoms. The normalized spacial score (nSPS) is 27.7. The third kappa shape index (κ3) is 2.20. The Morgan fingerprint density at radius 2 is 1.58 bits per heavy atom. The van der Waals surface area contributed by atoms with E-state index < -0.39 is 0 Å². The Balaban J connectivity index is 1.78. The highest BCUT2D eigenvalue weighted by atomic mass is 16.5. The predicted octanol–water partition coefficient (Wildman–Crippen LogP) is 4.14. The number of hydrogen-bond acceptors (Lipinski definition) is 2. The summed E-state index contributed by atoms with van der Waals surface area (Å²) in [5, 5.41) is 0. The van der Waals surface area contributed by atoms with E-state index in [-0.39, 0.29) is 5.91 Å². The van der Waals surface area contributed by atoms with Gasteiger partial charge in [-0.1, -0.05) is 36.4 Å². The van der Waals surface area contributed by atoms with Crippen molar-refractivity contribution in [2.45, 2.75) is 44.1 Å². The SMILES string of the molecule is COCc1cccc2c1C1C3CCC(C3)C1c1c(CC(N)=O)cccc1-2. The number of fused-ring (bicyclic) bond motifs is 10. The molecule has 0 aromatic heterocycles. The minimum atomic E-state index is -0.239. The van der Waals surface area contributed by atoms with E-state index >= 15 is 0 Å². The summed E-state index contributed by atoms with van der Waals surface area (Å²) in [6.07, 6.45) is 4.31. The lowest BCUT2D eigenvalue weighted by Crippen LogP contribution is -2.27. The van der Waals surface area contributed by atoms with Crippen LogP contribution in [0, 0.1) is 11.8 Å². The van der Waals surface area contributed by atoms with Crippen molar-refractivity contribution in [3.63, 3.8) is 0 Å². The van der Waals surface area contributed by atoms with Crippen molar-refractivity contribution in [1.82, 2.24) is 0 Å². The molecule has 2 fully saturated rings. The molecule has 0 radical (unpaired) electrons. The van der Waals surface area contributed by atoms with Gasteiger partial charge in [0.25, 0.3) is 0 Å². The highest BCUT2D eigenvalue weighted by Gasteiger charge is 2.52. The lowest BCUT2D eigenvalue weighted by atomic mass is 9.63. The number of primary amides is 1. The van der Waals surface area contributed by atoms with Gasteiger partial charge in [-0.25, -0.2) is 0 Å². The first kappa shape index (κ1) is 16.1. The van der Waals surface area contributed by atoms with Crippen LogP contribution in [-0.4, -0.2) is 13.0 Å². The first-order chi connectivity index (χ1) is 12.7. The third-order valence-corrected chi connectivity index (χ3v) is 6.93. The molecule has 3 heteroatoms. The van der Waals surface area contributed by atoms with E-state index in [1.165, 1.54) is 47.1 Å². The van der Waals surface area contributed by atoms with Crippen LogP contribution >= 0.6 is 0 Å². The molecule has 0 aliphatic heterocycles. The van der Waals surface area contributed by atoms with Gasteiger partial charge in [0, 0.05) is 7.11 Å². The fourth-order valence-corrected chi connectivity index (χ4v) is 6.23. The number of ether oxygens (including phenoxy) is 1. The molecule has 2 N–H and O–H groups in total. The molecular weight excluding hydrogens is 322 g/mol. The van der Waals surface area contributed by atoms with Crippen molar-refractivity contribution in [3.8, 4) is 11.1 Å². The second kappa shape index (κ2) is 5.95. The molecule has 3 aliphatic rings. The Morgan fingerprint density at radius 1 is 1.00 bits per heavy atom. The van der Waals surface area contributed by atoms with Gasteiger partial charge >= 0.3 is 0 Å². The molecule has 2 aromatic carbocycles. The van der Waals surface area contributed by atoms with Gasteiger partial charge < -0.3 is 10.5 Å². The lowest BCUT2D eigenvalue weighted by molar-refractivity contribution is -0.117. The monoisotopic (exact) mass is 347 g/mol. The van der Waals surface area contributed by atoms with Crippen LogP contribution in [0.15, 0.2) is 36.4 Å². The second-order valence-electron chi connectivity index (χ2n) is 8.22. The van der Waals surface area contributed by atoms with Crippen LogP contribution in [0.4, 0.5) is 0 Å². The summed E-state index contributed by atoms with van der Waals surface area (Å²) >= 11 is 0. The first-order valence-electron chi connectivity index (χ1n) is 9.70. The Hall–Kier alpha value is -2.13. The highest BCUT2D eigenvalue weighted by Crippen LogP contribution is 2.66. The maximum atomic E-state index is 11.7. The summed E-state index contributed by atoms with van der Waals surface area (Å²) < 4.78 is 5.53. The van der Waals surface area contributed by atoms with E-state index in [9.17, 15) is 4.79 Å². The molecule has 26 heavy (non-hydrogen) atoms. The van der Waals surface area contributed by atoms with Crippen molar-refractivity contribution in [2.24, 2.45) is 17.6 Å². The number of nitrogens with two attached hydrogens (primary N) is 1. The molecule has 0 saturated heterocycles. The molecule has 4 unspecified atom stereocenters. The van der Waals surface area contributed by atoms with Crippen molar-refractivity contribution in [3.05, 3.63) is 58.7 Å². The summed E-state index contributed by atoms with van der Waals surface area (Å²) in [5.41, 5.74) is 13.6. The maximum Gasteiger partial charge on any atom is 0.221 e. The summed E-state index contributed by atoms with van der Waals surface area (Å²) in [5.74, 6) is 2.36. The number of methoxy groups -OCH3 is 1. The summed E-state index contributed by atoms with van der Waals surface area (Å²) in [7, 11) is 1.78. The van der Waals surface area contributed by atoms with E-state index in [1.807, 2.05) is 0 Å². The van der Waals surface area contributed by atoms with Gasteiger partial charge in [0.1, 0.15) is 0 Å². The van der Waals surface area contributed by atoms with E-state index in [1.54, 1.807) is 7.11 Å². The van der Waals surface area contributed by atoms with Gasteiger partial charge in [-0.05, 0) is 76.3 Å². The number of benzene rings is 2. The van der Waals surface area contributed by atoms with Crippen LogP contribution in [0.5, 0.6) is 0 Å². The Morgan fingerprint density at radius 3 is 2.15 bits per heavy atom. The summed E-state index contributed by atoms with van der Waals surface area (Å²) in [6.45, 7) is 0.667. The molecule has 5 rings (SSSR count). The van der Waals surface area contributed by atoms with Gasteiger partial charge in [-0.3, -0.25) is 4.79 Å². The van der Waals surface area contributed by atoms with E-state index in [4.69, 9.17) is 10.5 Å². The van der Waals surface area contributed by atoms with Crippen molar-refractivity contribution >= 4 is 5.91 Å². The number of carbonyl (C=O) groups excluding carboxylic acids is 1. The fourth-order valence-electron chi connectivity index (χ4n) is 6.23. The highest BCUT2D eigenvalue weighted by molar-refractivity contribution is 5.82. The van der Waals surface area contributed by atoms with Crippen LogP contribution < -0.4 is 5.73 Å². The van der Waals surface area contributed by atoms with Crippen LogP contribution in [0.2, 0.25) is 0 Å². The van der Waals surface area contributed by atoms with E-state index in [0.29, 0.717) is 24.9 Å². The average Bonchev–Trinajstić information content (AvgIpc) is 3.24. The topological polar surface area (TPSA) is 52.3 Å². The zero-order chi connectivity index (χ0) is 17.8. The molecule has 2 bridgehead atoms. The second-order valence-corrected chi connectivity index (χ2v) is 8.22. The predicted molar refractivity (Wildman–Crippen MR) is 102 cm³/mol. The molecule has 4 atom stereocenters. The maximum absolute atomic E-state index is 11.7. The molecule has 1 amide bonds. The molecule has 134 valence electrons. The standard InChI is InChI=1S/C23H25NO2/c1-26-12-16-5-3-7-18-17-6-2-4-13(11-19(24)25)20(17)22-14-8-9-15(10-14)23(22)21(16)18/h2-7,14-15,22-23H,8-12H2,1H3,(H2,24,25). The molecule has 3 aliphatic carbocycles. The van der Waals surface area contributed by atoms with Crippen molar-refractivity contribution in [2.75, 3.05) is 7.11 Å². The minimum absolute atomic E-state index is 0.239.